The fourth-order valence-electron chi connectivity index (χ4n) is 8.79. The van der Waals surface area contributed by atoms with E-state index in [-0.39, 0.29) is 44.8 Å². The predicted molar refractivity (Wildman–Crippen MR) is 291 cm³/mol. The van der Waals surface area contributed by atoms with Crippen LogP contribution in [0.3, 0.4) is 0 Å². The molecule has 0 heterocycles. The van der Waals surface area contributed by atoms with Gasteiger partial charge in [0.1, 0.15) is 47.7 Å². The molecule has 0 nitrogen and oxygen atoms in total. The van der Waals surface area contributed by atoms with E-state index in [0.29, 0.717) is 0 Å². The van der Waals surface area contributed by atoms with Gasteiger partial charge >= 0.3 is 44.8 Å². The van der Waals surface area contributed by atoms with Crippen LogP contribution in [0.2, 0.25) is 0 Å². The Balaban J connectivity index is 0.000000167. The monoisotopic (exact) mass is 1090 g/mol. The van der Waals surface area contributed by atoms with Crippen LogP contribution in [-0.2, 0) is 44.8 Å². The first-order valence-electron chi connectivity index (χ1n) is 22.2. The topological polar surface area (TPSA) is 0 Å². The maximum atomic E-state index is 7.13. The molecule has 11 aromatic carbocycles. The van der Waals surface area contributed by atoms with Crippen LogP contribution in [0.5, 0.6) is 0 Å². The van der Waals surface area contributed by atoms with E-state index in [1.165, 1.54) is 75.3 Å². The molecule has 0 aliphatic carbocycles. The Kier molecular flexibility index (Phi) is 17.4. The molecule has 0 radical (unpaired) electrons. The van der Waals surface area contributed by atoms with Crippen LogP contribution in [0.1, 0.15) is 22.3 Å². The van der Waals surface area contributed by atoms with Crippen molar-refractivity contribution in [2.24, 2.45) is 0 Å². The second-order valence-electron chi connectivity index (χ2n) is 16.4. The summed E-state index contributed by atoms with van der Waals surface area (Å²) in [6, 6.07) is 86.6. The number of hydrogen-bond acceptors (Lipinski definition) is 0. The molecule has 0 bridgehead atoms. The summed E-state index contributed by atoms with van der Waals surface area (Å²) in [4.78, 5) is 0. The molecule has 0 atom stereocenters. The zero-order chi connectivity index (χ0) is 45.2. The molecule has 11 rings (SSSR count). The summed E-state index contributed by atoms with van der Waals surface area (Å²) < 4.78 is 0. The van der Waals surface area contributed by atoms with Gasteiger partial charge in [-0.25, -0.2) is 0 Å². The standard InChI is InChI=1S/C32H28P2.2C16H9.2Ag/c1-25-23-31(33(27-15-7-3-8-16-27)28-17-9-4-10-18-28)32(24-26(25)2)34(29-19-11-5-12-20-29)30-21-13-6-14-22-30;2*1-2-12-7-10-16-14(11-12)9-8-13-5-3-4-6-15(13)16;;/h3-24H,1-2H3;2*3-11H;;/q;2*-1;2*+1/p+2. The van der Waals surface area contributed by atoms with Gasteiger partial charge in [0.05, 0.1) is 0 Å². The van der Waals surface area contributed by atoms with Crippen molar-refractivity contribution in [3.63, 3.8) is 0 Å². The van der Waals surface area contributed by atoms with Crippen LogP contribution in [0.25, 0.3) is 43.1 Å². The molecule has 4 heteroatoms. The molecule has 68 heavy (non-hydrogen) atoms. The number of hydrogen-bond donors (Lipinski definition) is 0. The van der Waals surface area contributed by atoms with E-state index < -0.39 is 15.8 Å². The maximum Gasteiger partial charge on any atom is 1.00 e. The summed E-state index contributed by atoms with van der Waals surface area (Å²) in [5.74, 6) is 4.83. The van der Waals surface area contributed by atoms with E-state index in [0.717, 1.165) is 21.9 Å². The van der Waals surface area contributed by atoms with Crippen LogP contribution in [0.4, 0.5) is 0 Å². The van der Waals surface area contributed by atoms with Gasteiger partial charge in [0, 0.05) is 0 Å². The van der Waals surface area contributed by atoms with Crippen molar-refractivity contribution in [1.29, 1.82) is 0 Å². The van der Waals surface area contributed by atoms with Crippen molar-refractivity contribution in [3.05, 3.63) is 278 Å². The summed E-state index contributed by atoms with van der Waals surface area (Å²) >= 11 is 0. The minimum Gasteiger partial charge on any atom is -0.366 e. The molecule has 0 amide bonds. The molecule has 334 valence electrons. The van der Waals surface area contributed by atoms with Gasteiger partial charge in [-0.1, -0.05) is 158 Å². The van der Waals surface area contributed by atoms with Crippen LogP contribution in [0.15, 0.2) is 243 Å². The Bertz CT molecular complexity index is 3210. The molecule has 0 aliphatic heterocycles. The smallest absolute Gasteiger partial charge is 0.366 e. The average Bonchev–Trinajstić information content (AvgIpc) is 3.39. The number of benzene rings is 11. The normalized spacial score (nSPS) is 10.5. The predicted octanol–water partition coefficient (Wildman–Crippen LogP) is 13.1. The van der Waals surface area contributed by atoms with Crippen molar-refractivity contribution in [1.82, 2.24) is 0 Å². The summed E-state index contributed by atoms with van der Waals surface area (Å²) in [6.45, 7) is 4.52. The quantitative estimate of drug-likeness (QED) is 0.0512. The molecule has 0 unspecified atom stereocenters. The number of fused-ring (bicyclic) bond motifs is 6. The fraction of sp³-hybridized carbons (Fsp3) is 0.0312. The first-order chi connectivity index (χ1) is 32.5. The van der Waals surface area contributed by atoms with E-state index >= 15 is 0 Å². The Morgan fingerprint density at radius 2 is 0.574 bits per heavy atom. The zero-order valence-corrected chi connectivity index (χ0v) is 42.7. The SMILES string of the molecule is Cc1cc([PH+](c2ccccc2)c2ccccc2)c([PH+](c2ccccc2)c2ccccc2)cc1C.[Ag+].[Ag+].[C-]#Cc1ccc2c(ccc3ccccc32)c1.[C-]#Cc1ccc2c(ccc3ccccc32)c1. The molecular formula is C64H48Ag2P2+2. The zero-order valence-electron chi connectivity index (χ0n) is 37.7. The van der Waals surface area contributed by atoms with Gasteiger partial charge in [-0.3, -0.25) is 11.8 Å². The summed E-state index contributed by atoms with van der Waals surface area (Å²) in [5.41, 5.74) is 4.39. The van der Waals surface area contributed by atoms with Gasteiger partial charge in [0.15, 0.2) is 0 Å². The second-order valence-corrected chi connectivity index (χ2v) is 21.3. The molecule has 0 aromatic heterocycles. The fourth-order valence-corrected chi connectivity index (χ4v) is 15.0. The number of aryl methyl sites for hydroxylation is 2. The first kappa shape index (κ1) is 49.8. The van der Waals surface area contributed by atoms with Crippen molar-refractivity contribution >= 4 is 90.8 Å². The van der Waals surface area contributed by atoms with Crippen LogP contribution < -0.4 is 31.8 Å². The van der Waals surface area contributed by atoms with Crippen molar-refractivity contribution in [2.45, 2.75) is 13.8 Å². The second kappa shape index (κ2) is 23.8. The van der Waals surface area contributed by atoms with Crippen LogP contribution in [0, 0.1) is 38.5 Å². The Hall–Kier alpha value is -6.08. The van der Waals surface area contributed by atoms with Crippen molar-refractivity contribution < 1.29 is 44.8 Å². The minimum atomic E-state index is -1.18. The molecule has 0 aliphatic rings. The van der Waals surface area contributed by atoms with Gasteiger partial charge in [-0.2, -0.15) is 0 Å². The third-order valence-electron chi connectivity index (χ3n) is 12.2. The molecule has 0 spiro atoms. The summed E-state index contributed by atoms with van der Waals surface area (Å²) in [6.07, 6.45) is 14.3. The Morgan fingerprint density at radius 1 is 0.294 bits per heavy atom. The largest absolute Gasteiger partial charge is 1.00 e. The van der Waals surface area contributed by atoms with E-state index in [4.69, 9.17) is 12.8 Å². The molecule has 11 aromatic rings. The molecule has 0 fully saturated rings. The Morgan fingerprint density at radius 3 is 0.897 bits per heavy atom. The molecule has 0 saturated carbocycles. The van der Waals surface area contributed by atoms with E-state index in [1.54, 1.807) is 0 Å². The van der Waals surface area contributed by atoms with Gasteiger partial charge in [-0.15, -0.1) is 35.4 Å². The summed E-state index contributed by atoms with van der Waals surface area (Å²) in [5, 5.41) is 18.6. The third-order valence-corrected chi connectivity index (χ3v) is 18.0. The van der Waals surface area contributed by atoms with Gasteiger partial charge in [-0.05, 0) is 129 Å². The van der Waals surface area contributed by atoms with E-state index in [1.807, 2.05) is 36.4 Å². The molecule has 0 saturated heterocycles. The average molecular weight is 1090 g/mol. The first-order valence-corrected chi connectivity index (χ1v) is 25.2. The van der Waals surface area contributed by atoms with Crippen molar-refractivity contribution in [3.8, 4) is 11.8 Å². The van der Waals surface area contributed by atoms with Gasteiger partial charge < -0.3 is 12.8 Å². The van der Waals surface area contributed by atoms with Crippen molar-refractivity contribution in [2.75, 3.05) is 0 Å². The van der Waals surface area contributed by atoms with Gasteiger partial charge in [0.2, 0.25) is 0 Å². The maximum absolute atomic E-state index is 7.13. The van der Waals surface area contributed by atoms with E-state index in [2.05, 4.69) is 232 Å². The van der Waals surface area contributed by atoms with Crippen LogP contribution in [-0.4, -0.2) is 0 Å². The molecular weight excluding hydrogens is 1050 g/mol. The minimum absolute atomic E-state index is 0. The van der Waals surface area contributed by atoms with Gasteiger partial charge in [0.25, 0.3) is 0 Å². The Labute approximate surface area is 435 Å². The van der Waals surface area contributed by atoms with E-state index in [9.17, 15) is 0 Å². The number of rotatable bonds is 6. The third kappa shape index (κ3) is 11.3. The molecule has 0 N–H and O–H groups in total. The summed E-state index contributed by atoms with van der Waals surface area (Å²) in [7, 11) is -2.36. The van der Waals surface area contributed by atoms with Crippen LogP contribution >= 0.6 is 15.8 Å².